The zero-order valence-electron chi connectivity index (χ0n) is 17.8. The lowest BCUT2D eigenvalue weighted by molar-refractivity contribution is -0.160. The third-order valence-electron chi connectivity index (χ3n) is 6.69. The van der Waals surface area contributed by atoms with Crippen LogP contribution in [-0.4, -0.2) is 60.1 Å². The minimum atomic E-state index is -1.01. The Hall–Kier alpha value is -2.19. The van der Waals surface area contributed by atoms with Crippen LogP contribution in [0.1, 0.15) is 47.0 Å². The van der Waals surface area contributed by atoms with Crippen molar-refractivity contribution in [2.24, 2.45) is 5.92 Å². The van der Waals surface area contributed by atoms with Gasteiger partial charge in [-0.15, -0.1) is 0 Å². The summed E-state index contributed by atoms with van der Waals surface area (Å²) in [7, 11) is 0. The highest BCUT2D eigenvalue weighted by Crippen LogP contribution is 2.49. The second-order valence-corrected chi connectivity index (χ2v) is 8.94. The summed E-state index contributed by atoms with van der Waals surface area (Å²) in [5.41, 5.74) is -0.463. The standard InChI is InChI=1S/C22H28O8/c1-11-6-7-17-22(30-17,10-26-14(4)23)9-16(28-20(25)21(5)13(3)29-21)18-12(2)19(24)27-15(18)8-11/h8,13,15-18H,2,6-7,9-10H2,1,3-5H3/b11-8+/t13?,15-,16-,17-,18-,21?,22-/m1/s1. The lowest BCUT2D eigenvalue weighted by atomic mass is 9.82. The van der Waals surface area contributed by atoms with E-state index in [9.17, 15) is 14.4 Å². The van der Waals surface area contributed by atoms with Gasteiger partial charge in [-0.05, 0) is 39.7 Å². The Morgan fingerprint density at radius 2 is 2.03 bits per heavy atom. The zero-order valence-corrected chi connectivity index (χ0v) is 17.8. The third kappa shape index (κ3) is 3.67. The molecule has 3 aliphatic heterocycles. The predicted octanol–water partition coefficient (Wildman–Crippen LogP) is 2.00. The van der Waals surface area contributed by atoms with Crippen molar-refractivity contribution in [1.29, 1.82) is 0 Å². The predicted molar refractivity (Wildman–Crippen MR) is 103 cm³/mol. The van der Waals surface area contributed by atoms with Gasteiger partial charge >= 0.3 is 17.9 Å². The normalized spacial score (nSPS) is 44.0. The fourth-order valence-electron chi connectivity index (χ4n) is 4.45. The molecule has 0 saturated carbocycles. The molecule has 0 aromatic rings. The Labute approximate surface area is 175 Å². The van der Waals surface area contributed by atoms with Crippen molar-refractivity contribution in [3.63, 3.8) is 0 Å². The summed E-state index contributed by atoms with van der Waals surface area (Å²) in [6, 6.07) is 0. The molecule has 0 aromatic heterocycles. The van der Waals surface area contributed by atoms with Crippen LogP contribution in [0, 0.1) is 5.92 Å². The van der Waals surface area contributed by atoms with Crippen LogP contribution in [0.5, 0.6) is 0 Å². The fraction of sp³-hybridized carbons (Fsp3) is 0.682. The summed E-state index contributed by atoms with van der Waals surface area (Å²) in [5.74, 6) is -1.96. The van der Waals surface area contributed by atoms with E-state index in [-0.39, 0.29) is 30.8 Å². The first-order chi connectivity index (χ1) is 14.1. The molecular weight excluding hydrogens is 392 g/mol. The first kappa shape index (κ1) is 21.1. The Bertz CT molecular complexity index is 831. The van der Waals surface area contributed by atoms with Gasteiger partial charge in [-0.3, -0.25) is 4.79 Å². The molecule has 30 heavy (non-hydrogen) atoms. The molecule has 3 saturated heterocycles. The monoisotopic (exact) mass is 420 g/mol. The number of allylic oxidation sites excluding steroid dienone is 1. The smallest absolute Gasteiger partial charge is 0.341 e. The van der Waals surface area contributed by atoms with E-state index in [1.807, 2.05) is 13.0 Å². The van der Waals surface area contributed by atoms with Crippen molar-refractivity contribution in [2.45, 2.75) is 82.6 Å². The van der Waals surface area contributed by atoms with Gasteiger partial charge in [0.25, 0.3) is 0 Å². The van der Waals surface area contributed by atoms with Gasteiger partial charge in [0.05, 0.1) is 18.1 Å². The lowest BCUT2D eigenvalue weighted by Crippen LogP contribution is -2.42. The summed E-state index contributed by atoms with van der Waals surface area (Å²) < 4.78 is 28.1. The molecular formula is C22H28O8. The van der Waals surface area contributed by atoms with Gasteiger partial charge in [-0.25, -0.2) is 9.59 Å². The second-order valence-electron chi connectivity index (χ2n) is 8.94. The van der Waals surface area contributed by atoms with Gasteiger partial charge in [0.1, 0.15) is 24.4 Å². The number of carbonyl (C=O) groups is 3. The summed E-state index contributed by atoms with van der Waals surface area (Å²) in [6.45, 7) is 10.7. The Kier molecular flexibility index (Phi) is 5.05. The average Bonchev–Trinajstić information content (AvgIpc) is 3.50. The molecule has 3 heterocycles. The molecule has 1 aliphatic carbocycles. The number of epoxide rings is 2. The Morgan fingerprint density at radius 1 is 1.33 bits per heavy atom. The van der Waals surface area contributed by atoms with Crippen molar-refractivity contribution in [1.82, 2.24) is 0 Å². The van der Waals surface area contributed by atoms with Crippen LogP contribution in [0.4, 0.5) is 0 Å². The number of fused-ring (bicyclic) bond motifs is 2. The van der Waals surface area contributed by atoms with Crippen LogP contribution >= 0.6 is 0 Å². The number of hydrogen-bond donors (Lipinski definition) is 0. The van der Waals surface area contributed by atoms with Crippen LogP contribution in [-0.2, 0) is 38.1 Å². The maximum atomic E-state index is 12.8. The minimum absolute atomic E-state index is 0.0622. The lowest BCUT2D eigenvalue weighted by Gasteiger charge is -2.29. The van der Waals surface area contributed by atoms with E-state index in [4.69, 9.17) is 23.7 Å². The van der Waals surface area contributed by atoms with Crippen molar-refractivity contribution >= 4 is 17.9 Å². The van der Waals surface area contributed by atoms with Crippen molar-refractivity contribution < 1.29 is 38.1 Å². The maximum absolute atomic E-state index is 12.8. The highest BCUT2D eigenvalue weighted by Gasteiger charge is 2.62. The van der Waals surface area contributed by atoms with Crippen LogP contribution in [0.15, 0.2) is 23.8 Å². The van der Waals surface area contributed by atoms with Gasteiger partial charge in [0, 0.05) is 18.9 Å². The zero-order chi connectivity index (χ0) is 21.8. The largest absolute Gasteiger partial charge is 0.463 e. The molecule has 0 bridgehead atoms. The highest BCUT2D eigenvalue weighted by molar-refractivity contribution is 5.91. The van der Waals surface area contributed by atoms with Crippen LogP contribution in [0.2, 0.25) is 0 Å². The fourth-order valence-corrected chi connectivity index (χ4v) is 4.45. The molecule has 0 spiro atoms. The number of carbonyl (C=O) groups excluding carboxylic acids is 3. The second kappa shape index (κ2) is 7.20. The van der Waals surface area contributed by atoms with Gasteiger partial charge in [0.15, 0.2) is 5.60 Å². The molecule has 0 amide bonds. The van der Waals surface area contributed by atoms with E-state index >= 15 is 0 Å². The average molecular weight is 420 g/mol. The van der Waals surface area contributed by atoms with Crippen LogP contribution in [0.3, 0.4) is 0 Å². The van der Waals surface area contributed by atoms with E-state index < -0.39 is 47.2 Å². The molecule has 4 rings (SSSR count). The van der Waals surface area contributed by atoms with Crippen LogP contribution in [0.25, 0.3) is 0 Å². The molecule has 0 N–H and O–H groups in total. The molecule has 4 aliphatic rings. The van der Waals surface area contributed by atoms with Gasteiger partial charge in [-0.1, -0.05) is 12.2 Å². The molecule has 0 radical (unpaired) electrons. The van der Waals surface area contributed by atoms with E-state index in [0.717, 1.165) is 18.4 Å². The van der Waals surface area contributed by atoms with Gasteiger partial charge in [0.2, 0.25) is 0 Å². The first-order valence-corrected chi connectivity index (χ1v) is 10.3. The summed E-state index contributed by atoms with van der Waals surface area (Å²) in [5, 5.41) is 0. The minimum Gasteiger partial charge on any atom is -0.463 e. The molecule has 8 nitrogen and oxygen atoms in total. The van der Waals surface area contributed by atoms with Gasteiger partial charge < -0.3 is 23.7 Å². The van der Waals surface area contributed by atoms with E-state index in [2.05, 4.69) is 6.58 Å². The number of rotatable bonds is 4. The van der Waals surface area contributed by atoms with Gasteiger partial charge in [-0.2, -0.15) is 0 Å². The van der Waals surface area contributed by atoms with E-state index in [0.29, 0.717) is 0 Å². The maximum Gasteiger partial charge on any atom is 0.341 e. The molecule has 0 aromatic carbocycles. The number of esters is 3. The summed E-state index contributed by atoms with van der Waals surface area (Å²) >= 11 is 0. The molecule has 8 heteroatoms. The van der Waals surface area contributed by atoms with E-state index in [1.165, 1.54) is 6.92 Å². The molecule has 3 fully saturated rings. The van der Waals surface area contributed by atoms with E-state index in [1.54, 1.807) is 13.8 Å². The van der Waals surface area contributed by atoms with Crippen molar-refractivity contribution in [2.75, 3.05) is 6.61 Å². The number of ether oxygens (including phenoxy) is 5. The molecule has 7 atom stereocenters. The Balaban J connectivity index is 1.66. The van der Waals surface area contributed by atoms with Crippen LogP contribution < -0.4 is 0 Å². The third-order valence-corrected chi connectivity index (χ3v) is 6.69. The summed E-state index contributed by atoms with van der Waals surface area (Å²) in [4.78, 5) is 36.6. The van der Waals surface area contributed by atoms with Crippen molar-refractivity contribution in [3.05, 3.63) is 23.8 Å². The number of hydrogen-bond acceptors (Lipinski definition) is 8. The summed E-state index contributed by atoms with van der Waals surface area (Å²) in [6.07, 6.45) is 1.98. The molecule has 2 unspecified atom stereocenters. The molecule has 164 valence electrons. The van der Waals surface area contributed by atoms with Crippen molar-refractivity contribution in [3.8, 4) is 0 Å². The topological polar surface area (TPSA) is 104 Å². The first-order valence-electron chi connectivity index (χ1n) is 10.3. The quantitative estimate of drug-likeness (QED) is 0.224. The SMILES string of the molecule is C=C1C(=O)O[C@@H]2/C=C(\C)CC[C@H]3O[C@@]3(COC(C)=O)C[C@@H](OC(=O)C3(C)OC3C)[C@H]12. The highest BCUT2D eigenvalue weighted by atomic mass is 16.7. The Morgan fingerprint density at radius 3 is 2.67 bits per heavy atom.